The highest BCUT2D eigenvalue weighted by Crippen LogP contribution is 2.46. The summed E-state index contributed by atoms with van der Waals surface area (Å²) in [6.45, 7) is 4.22. The van der Waals surface area contributed by atoms with Gasteiger partial charge in [0.2, 0.25) is 5.91 Å². The van der Waals surface area contributed by atoms with E-state index in [9.17, 15) is 9.59 Å². The van der Waals surface area contributed by atoms with E-state index in [-0.39, 0.29) is 17.2 Å². The fourth-order valence-corrected chi connectivity index (χ4v) is 3.07. The number of carboxylic acid groups (broad SMARTS) is 1. The van der Waals surface area contributed by atoms with Gasteiger partial charge in [0.25, 0.3) is 0 Å². The van der Waals surface area contributed by atoms with Crippen molar-refractivity contribution in [1.29, 1.82) is 0 Å². The van der Waals surface area contributed by atoms with Crippen molar-refractivity contribution < 1.29 is 19.4 Å². The first-order chi connectivity index (χ1) is 9.09. The zero-order valence-electron chi connectivity index (χ0n) is 11.6. The summed E-state index contributed by atoms with van der Waals surface area (Å²) in [6, 6.07) is 0. The third-order valence-electron chi connectivity index (χ3n) is 4.52. The first-order valence-electron chi connectivity index (χ1n) is 7.19. The third kappa shape index (κ3) is 2.91. The van der Waals surface area contributed by atoms with Gasteiger partial charge in [0.15, 0.2) is 0 Å². The van der Waals surface area contributed by atoms with Crippen LogP contribution in [0.4, 0.5) is 0 Å². The maximum absolute atomic E-state index is 12.6. The van der Waals surface area contributed by atoms with Gasteiger partial charge in [-0.3, -0.25) is 9.59 Å². The molecule has 0 spiro atoms. The van der Waals surface area contributed by atoms with Crippen LogP contribution in [0.3, 0.4) is 0 Å². The summed E-state index contributed by atoms with van der Waals surface area (Å²) >= 11 is 0. The van der Waals surface area contributed by atoms with E-state index in [1.54, 1.807) is 4.90 Å². The zero-order chi connectivity index (χ0) is 13.9. The number of ether oxygens (including phenoxy) is 1. The molecule has 1 heterocycles. The van der Waals surface area contributed by atoms with E-state index in [0.29, 0.717) is 32.7 Å². The molecule has 0 aromatic carbocycles. The number of carbonyl (C=O) groups is 2. The van der Waals surface area contributed by atoms with Crippen LogP contribution in [-0.4, -0.2) is 48.2 Å². The van der Waals surface area contributed by atoms with Gasteiger partial charge in [-0.25, -0.2) is 0 Å². The molecule has 19 heavy (non-hydrogen) atoms. The van der Waals surface area contributed by atoms with Crippen molar-refractivity contribution in [2.75, 3.05) is 26.3 Å². The van der Waals surface area contributed by atoms with E-state index in [0.717, 1.165) is 25.7 Å². The Morgan fingerprint density at radius 3 is 2.63 bits per heavy atom. The quantitative estimate of drug-likeness (QED) is 0.742. The van der Waals surface area contributed by atoms with Gasteiger partial charge >= 0.3 is 5.97 Å². The van der Waals surface area contributed by atoms with Gasteiger partial charge in [-0.2, -0.15) is 0 Å². The predicted molar refractivity (Wildman–Crippen MR) is 69.7 cm³/mol. The Bertz CT molecular complexity index is 351. The Morgan fingerprint density at radius 2 is 2.16 bits per heavy atom. The molecule has 1 saturated heterocycles. The molecule has 0 radical (unpaired) electrons. The standard InChI is InChI=1S/C14H23NO4/c1-2-19-9-7-14(5-3-6-14)13(18)15-8-4-11(10-15)12(16)17/h11H,2-10H2,1H3,(H,16,17). The normalized spacial score (nSPS) is 25.1. The summed E-state index contributed by atoms with van der Waals surface area (Å²) in [5, 5.41) is 9.00. The second-order valence-electron chi connectivity index (χ2n) is 5.66. The molecule has 2 fully saturated rings. The number of likely N-dealkylation sites (tertiary alicyclic amines) is 1. The summed E-state index contributed by atoms with van der Waals surface area (Å²) in [4.78, 5) is 25.3. The highest BCUT2D eigenvalue weighted by Gasteiger charge is 2.47. The molecule has 1 saturated carbocycles. The number of rotatable bonds is 6. The van der Waals surface area contributed by atoms with E-state index < -0.39 is 5.97 Å². The van der Waals surface area contributed by atoms with Crippen LogP contribution in [0, 0.1) is 11.3 Å². The maximum atomic E-state index is 12.6. The fourth-order valence-electron chi connectivity index (χ4n) is 3.07. The molecule has 5 nitrogen and oxygen atoms in total. The number of aliphatic carboxylic acids is 1. The topological polar surface area (TPSA) is 66.8 Å². The molecule has 5 heteroatoms. The van der Waals surface area contributed by atoms with E-state index >= 15 is 0 Å². The number of carboxylic acids is 1. The third-order valence-corrected chi connectivity index (χ3v) is 4.52. The van der Waals surface area contributed by atoms with Gasteiger partial charge in [0.1, 0.15) is 0 Å². The van der Waals surface area contributed by atoms with Crippen LogP contribution in [-0.2, 0) is 14.3 Å². The lowest BCUT2D eigenvalue weighted by Crippen LogP contribution is -2.48. The van der Waals surface area contributed by atoms with Crippen LogP contribution in [0.2, 0.25) is 0 Å². The van der Waals surface area contributed by atoms with E-state index in [4.69, 9.17) is 9.84 Å². The van der Waals surface area contributed by atoms with Crippen LogP contribution in [0.25, 0.3) is 0 Å². The highest BCUT2D eigenvalue weighted by molar-refractivity contribution is 5.85. The number of nitrogens with zero attached hydrogens (tertiary/aromatic N) is 1. The SMILES string of the molecule is CCOCCC1(C(=O)N2CCC(C(=O)O)C2)CCC1. The van der Waals surface area contributed by atoms with Gasteiger partial charge in [-0.05, 0) is 32.6 Å². The molecule has 108 valence electrons. The van der Waals surface area contributed by atoms with E-state index in [2.05, 4.69) is 0 Å². The van der Waals surface area contributed by atoms with Crippen molar-refractivity contribution in [2.24, 2.45) is 11.3 Å². The second-order valence-corrected chi connectivity index (χ2v) is 5.66. The molecule has 2 rings (SSSR count). The molecule has 1 amide bonds. The number of hydrogen-bond donors (Lipinski definition) is 1. The summed E-state index contributed by atoms with van der Waals surface area (Å²) < 4.78 is 5.37. The Kier molecular flexibility index (Phi) is 4.45. The molecule has 1 aliphatic carbocycles. The first-order valence-corrected chi connectivity index (χ1v) is 7.19. The minimum absolute atomic E-state index is 0.155. The first kappa shape index (κ1) is 14.3. The van der Waals surface area contributed by atoms with Crippen molar-refractivity contribution in [3.63, 3.8) is 0 Å². The average Bonchev–Trinajstić information content (AvgIpc) is 2.81. The molecular weight excluding hydrogens is 246 g/mol. The monoisotopic (exact) mass is 269 g/mol. The Hall–Kier alpha value is -1.10. The van der Waals surface area contributed by atoms with Crippen LogP contribution in [0.5, 0.6) is 0 Å². The van der Waals surface area contributed by atoms with Crippen molar-refractivity contribution in [2.45, 2.75) is 39.0 Å². The molecule has 1 aliphatic heterocycles. The van der Waals surface area contributed by atoms with E-state index in [1.165, 1.54) is 0 Å². The van der Waals surface area contributed by atoms with Gasteiger partial charge < -0.3 is 14.7 Å². The van der Waals surface area contributed by atoms with Crippen LogP contribution >= 0.6 is 0 Å². The Morgan fingerprint density at radius 1 is 1.42 bits per heavy atom. The molecular formula is C14H23NO4. The second kappa shape index (κ2) is 5.90. The molecule has 1 unspecified atom stereocenters. The predicted octanol–water partition coefficient (Wildman–Crippen LogP) is 1.52. The van der Waals surface area contributed by atoms with Crippen molar-refractivity contribution in [1.82, 2.24) is 4.90 Å². The summed E-state index contributed by atoms with van der Waals surface area (Å²) in [7, 11) is 0. The van der Waals surface area contributed by atoms with Gasteiger partial charge in [-0.1, -0.05) is 6.42 Å². The van der Waals surface area contributed by atoms with Gasteiger partial charge in [0, 0.05) is 26.3 Å². The van der Waals surface area contributed by atoms with Crippen LogP contribution in [0.1, 0.15) is 39.0 Å². The molecule has 1 atom stereocenters. The van der Waals surface area contributed by atoms with Crippen molar-refractivity contribution >= 4 is 11.9 Å². The fraction of sp³-hybridized carbons (Fsp3) is 0.857. The highest BCUT2D eigenvalue weighted by atomic mass is 16.5. The molecule has 0 aromatic heterocycles. The summed E-state index contributed by atoms with van der Waals surface area (Å²) in [5.41, 5.74) is -0.261. The van der Waals surface area contributed by atoms with Gasteiger partial charge in [-0.15, -0.1) is 0 Å². The lowest BCUT2D eigenvalue weighted by Gasteiger charge is -2.42. The smallest absolute Gasteiger partial charge is 0.308 e. The summed E-state index contributed by atoms with van der Waals surface area (Å²) in [6.07, 6.45) is 4.30. The lowest BCUT2D eigenvalue weighted by atomic mass is 9.66. The summed E-state index contributed by atoms with van der Waals surface area (Å²) in [5.74, 6) is -1.01. The van der Waals surface area contributed by atoms with E-state index in [1.807, 2.05) is 6.92 Å². The lowest BCUT2D eigenvalue weighted by molar-refractivity contribution is -0.149. The number of hydrogen-bond acceptors (Lipinski definition) is 3. The number of amides is 1. The van der Waals surface area contributed by atoms with Crippen molar-refractivity contribution in [3.05, 3.63) is 0 Å². The molecule has 2 aliphatic rings. The Labute approximate surface area is 113 Å². The van der Waals surface area contributed by atoms with Crippen molar-refractivity contribution in [3.8, 4) is 0 Å². The average molecular weight is 269 g/mol. The molecule has 0 aromatic rings. The minimum atomic E-state index is -0.785. The van der Waals surface area contributed by atoms with Gasteiger partial charge in [0.05, 0.1) is 11.3 Å². The maximum Gasteiger partial charge on any atom is 0.308 e. The van der Waals surface area contributed by atoms with Crippen LogP contribution < -0.4 is 0 Å². The minimum Gasteiger partial charge on any atom is -0.481 e. The Balaban J connectivity index is 1.92. The molecule has 0 bridgehead atoms. The van der Waals surface area contributed by atoms with Crippen LogP contribution in [0.15, 0.2) is 0 Å². The number of carbonyl (C=O) groups excluding carboxylic acids is 1. The largest absolute Gasteiger partial charge is 0.481 e. The molecule has 1 N–H and O–H groups in total. The zero-order valence-corrected chi connectivity index (χ0v) is 11.6.